The van der Waals surface area contributed by atoms with Gasteiger partial charge in [-0.1, -0.05) is 29.3 Å². The molecule has 34 heavy (non-hydrogen) atoms. The summed E-state index contributed by atoms with van der Waals surface area (Å²) in [7, 11) is 0. The number of alkyl carbamates (subject to hydrolysis) is 1. The Balaban J connectivity index is 1.97. The number of halogens is 2. The highest BCUT2D eigenvalue weighted by Gasteiger charge is 2.38. The van der Waals surface area contributed by atoms with Gasteiger partial charge in [0.1, 0.15) is 11.4 Å². The molecule has 0 bridgehead atoms. The van der Waals surface area contributed by atoms with Crippen molar-refractivity contribution in [2.24, 2.45) is 11.7 Å². The van der Waals surface area contributed by atoms with E-state index in [-0.39, 0.29) is 38.3 Å². The molecule has 0 aliphatic heterocycles. The SMILES string of the molecule is CC(C)(C)OC(=O)NC(c1nc2c(Cl)ccc(Cl)c2c(=O)n1-c1cccc(C(N)=O)c1)C1CC1. The van der Waals surface area contributed by atoms with Gasteiger partial charge in [0.05, 0.1) is 32.7 Å². The lowest BCUT2D eigenvalue weighted by Gasteiger charge is -2.25. The van der Waals surface area contributed by atoms with Crippen LogP contribution in [-0.4, -0.2) is 27.2 Å². The van der Waals surface area contributed by atoms with E-state index in [1.807, 2.05) is 0 Å². The number of benzene rings is 2. The van der Waals surface area contributed by atoms with Crippen LogP contribution in [0.5, 0.6) is 0 Å². The summed E-state index contributed by atoms with van der Waals surface area (Å²) in [4.78, 5) is 43.0. The molecule has 0 radical (unpaired) electrons. The Labute approximate surface area is 206 Å². The van der Waals surface area contributed by atoms with E-state index in [1.54, 1.807) is 45.0 Å². The second-order valence-electron chi connectivity index (χ2n) is 9.24. The quantitative estimate of drug-likeness (QED) is 0.521. The summed E-state index contributed by atoms with van der Waals surface area (Å²) >= 11 is 12.8. The molecule has 1 fully saturated rings. The molecule has 3 N–H and O–H groups in total. The van der Waals surface area contributed by atoms with Gasteiger partial charge in [0.2, 0.25) is 5.91 Å². The first-order chi connectivity index (χ1) is 16.0. The third-order valence-electron chi connectivity index (χ3n) is 5.38. The summed E-state index contributed by atoms with van der Waals surface area (Å²) < 4.78 is 6.80. The maximum absolute atomic E-state index is 13.8. The van der Waals surface area contributed by atoms with Crippen molar-refractivity contribution in [2.75, 3.05) is 0 Å². The van der Waals surface area contributed by atoms with Crippen LogP contribution in [-0.2, 0) is 4.74 Å². The highest BCUT2D eigenvalue weighted by molar-refractivity contribution is 6.39. The third kappa shape index (κ3) is 4.88. The number of fused-ring (bicyclic) bond motifs is 1. The zero-order chi connectivity index (χ0) is 24.8. The average Bonchev–Trinajstić information content (AvgIpc) is 3.58. The normalized spacial score (nSPS) is 14.6. The molecule has 1 atom stereocenters. The first-order valence-electron chi connectivity index (χ1n) is 10.8. The number of nitrogens with one attached hydrogen (secondary N) is 1. The fraction of sp³-hybridized carbons (Fsp3) is 0.333. The molecule has 10 heteroatoms. The Morgan fingerprint density at radius 1 is 1.18 bits per heavy atom. The zero-order valence-electron chi connectivity index (χ0n) is 18.9. The predicted molar refractivity (Wildman–Crippen MR) is 131 cm³/mol. The van der Waals surface area contributed by atoms with Crippen LogP contribution in [0.25, 0.3) is 16.6 Å². The molecule has 1 unspecified atom stereocenters. The standard InChI is InChI=1S/C24H24Cl2N4O4/c1-24(2,3)34-23(33)29-18(12-7-8-12)21-28-19-16(26)10-9-15(25)17(19)22(32)30(21)14-6-4-5-13(11-14)20(27)31/h4-6,9-12,18H,7-8H2,1-3H3,(H2,27,31)(H,29,33). The first-order valence-corrected chi connectivity index (χ1v) is 11.5. The van der Waals surface area contributed by atoms with Crippen molar-refractivity contribution in [3.63, 3.8) is 0 Å². The van der Waals surface area contributed by atoms with Crippen molar-refractivity contribution in [1.82, 2.24) is 14.9 Å². The molecule has 1 aromatic heterocycles. The van der Waals surface area contributed by atoms with E-state index in [9.17, 15) is 14.4 Å². The van der Waals surface area contributed by atoms with Crippen molar-refractivity contribution in [1.29, 1.82) is 0 Å². The Bertz CT molecular complexity index is 1360. The van der Waals surface area contributed by atoms with Crippen LogP contribution < -0.4 is 16.6 Å². The van der Waals surface area contributed by atoms with Gasteiger partial charge in [0.25, 0.3) is 5.56 Å². The van der Waals surface area contributed by atoms with Gasteiger partial charge in [-0.2, -0.15) is 0 Å². The molecule has 8 nitrogen and oxygen atoms in total. The number of hydrogen-bond acceptors (Lipinski definition) is 5. The molecule has 0 saturated heterocycles. The number of nitrogens with two attached hydrogens (primary N) is 1. The highest BCUT2D eigenvalue weighted by Crippen LogP contribution is 2.41. The van der Waals surface area contributed by atoms with Crippen LogP contribution in [0.1, 0.15) is 55.8 Å². The van der Waals surface area contributed by atoms with Crippen LogP contribution >= 0.6 is 23.2 Å². The van der Waals surface area contributed by atoms with Crippen molar-refractivity contribution in [2.45, 2.75) is 45.3 Å². The topological polar surface area (TPSA) is 116 Å². The van der Waals surface area contributed by atoms with E-state index in [1.165, 1.54) is 16.7 Å². The molecule has 1 heterocycles. The minimum absolute atomic E-state index is 0.0420. The maximum atomic E-state index is 13.8. The Hall–Kier alpha value is -3.10. The summed E-state index contributed by atoms with van der Waals surface area (Å²) in [5.41, 5.74) is 5.08. The van der Waals surface area contributed by atoms with Gasteiger partial charge in [-0.3, -0.25) is 14.2 Å². The number of primary amides is 1. The first kappa shape index (κ1) is 24.0. The summed E-state index contributed by atoms with van der Waals surface area (Å²) in [5.74, 6) is -0.339. The van der Waals surface area contributed by atoms with Gasteiger partial charge in [0.15, 0.2) is 0 Å². The summed E-state index contributed by atoms with van der Waals surface area (Å²) in [6.45, 7) is 5.29. The van der Waals surface area contributed by atoms with Gasteiger partial charge in [0, 0.05) is 5.56 Å². The smallest absolute Gasteiger partial charge is 0.408 e. The second-order valence-corrected chi connectivity index (χ2v) is 10.1. The fourth-order valence-corrected chi connectivity index (χ4v) is 4.18. The molecule has 0 spiro atoms. The van der Waals surface area contributed by atoms with Crippen LogP contribution in [0.2, 0.25) is 10.0 Å². The van der Waals surface area contributed by atoms with E-state index >= 15 is 0 Å². The number of amides is 2. The van der Waals surface area contributed by atoms with Crippen LogP contribution in [0, 0.1) is 5.92 Å². The molecule has 1 aliphatic rings. The van der Waals surface area contributed by atoms with Gasteiger partial charge in [-0.25, -0.2) is 9.78 Å². The summed E-state index contributed by atoms with van der Waals surface area (Å²) in [6, 6.07) is 8.76. The van der Waals surface area contributed by atoms with Crippen molar-refractivity contribution < 1.29 is 14.3 Å². The third-order valence-corrected chi connectivity index (χ3v) is 6.00. The minimum Gasteiger partial charge on any atom is -0.444 e. The number of hydrogen-bond donors (Lipinski definition) is 2. The summed E-state index contributed by atoms with van der Waals surface area (Å²) in [5, 5.41) is 3.45. The zero-order valence-corrected chi connectivity index (χ0v) is 20.4. The lowest BCUT2D eigenvalue weighted by molar-refractivity contribution is 0.0493. The van der Waals surface area contributed by atoms with Crippen molar-refractivity contribution in [3.05, 3.63) is 68.2 Å². The molecule has 2 amide bonds. The summed E-state index contributed by atoms with van der Waals surface area (Å²) in [6.07, 6.45) is 1.03. The predicted octanol–water partition coefficient (Wildman–Crippen LogP) is 4.77. The largest absolute Gasteiger partial charge is 0.444 e. The molecule has 4 rings (SSSR count). The number of nitrogens with zero attached hydrogens (tertiary/aromatic N) is 2. The van der Waals surface area contributed by atoms with Crippen molar-refractivity contribution >= 4 is 46.1 Å². The minimum atomic E-state index is -0.707. The fourth-order valence-electron chi connectivity index (χ4n) is 3.75. The number of carbonyl (C=O) groups is 2. The molecule has 3 aromatic rings. The monoisotopic (exact) mass is 502 g/mol. The van der Waals surface area contributed by atoms with Crippen molar-refractivity contribution in [3.8, 4) is 5.69 Å². The molecule has 1 aliphatic carbocycles. The van der Waals surface area contributed by atoms with Crippen LogP contribution in [0.15, 0.2) is 41.2 Å². The van der Waals surface area contributed by atoms with E-state index in [2.05, 4.69) is 5.32 Å². The average molecular weight is 503 g/mol. The highest BCUT2D eigenvalue weighted by atomic mass is 35.5. The lowest BCUT2D eigenvalue weighted by Crippen LogP contribution is -2.39. The van der Waals surface area contributed by atoms with Gasteiger partial charge >= 0.3 is 6.09 Å². The lowest BCUT2D eigenvalue weighted by atomic mass is 10.1. The molecular weight excluding hydrogens is 479 g/mol. The Kier molecular flexibility index (Phi) is 6.31. The van der Waals surface area contributed by atoms with Crippen LogP contribution in [0.4, 0.5) is 4.79 Å². The van der Waals surface area contributed by atoms with E-state index in [4.69, 9.17) is 38.7 Å². The number of rotatable bonds is 5. The molecular formula is C24H24Cl2N4O4. The van der Waals surface area contributed by atoms with E-state index in [0.29, 0.717) is 5.69 Å². The number of ether oxygens (including phenoxy) is 1. The number of carbonyl (C=O) groups excluding carboxylic acids is 2. The number of aromatic nitrogens is 2. The molecule has 1 saturated carbocycles. The van der Waals surface area contributed by atoms with E-state index < -0.39 is 29.2 Å². The van der Waals surface area contributed by atoms with Gasteiger partial charge < -0.3 is 15.8 Å². The van der Waals surface area contributed by atoms with Gasteiger partial charge in [-0.15, -0.1) is 0 Å². The Morgan fingerprint density at radius 2 is 1.85 bits per heavy atom. The molecule has 2 aromatic carbocycles. The second kappa shape index (κ2) is 8.92. The molecule has 178 valence electrons. The Morgan fingerprint density at radius 3 is 2.47 bits per heavy atom. The van der Waals surface area contributed by atoms with Crippen LogP contribution in [0.3, 0.4) is 0 Å². The van der Waals surface area contributed by atoms with Gasteiger partial charge in [-0.05, 0) is 69.9 Å². The maximum Gasteiger partial charge on any atom is 0.408 e. The van der Waals surface area contributed by atoms with E-state index in [0.717, 1.165) is 12.8 Å².